The van der Waals surface area contributed by atoms with E-state index in [9.17, 15) is 39.9 Å². The number of alkyl halides is 7. The summed E-state index contributed by atoms with van der Waals surface area (Å²) >= 11 is -1.07. The number of nitrogens with zero attached hydrogens (tertiary/aromatic N) is 1. The van der Waals surface area contributed by atoms with Crippen molar-refractivity contribution in [2.24, 2.45) is 0 Å². The molecular weight excluding hydrogens is 510 g/mol. The van der Waals surface area contributed by atoms with Crippen molar-refractivity contribution in [3.05, 3.63) is 53.5 Å². The van der Waals surface area contributed by atoms with Gasteiger partial charge in [0.25, 0.3) is 0 Å². The lowest BCUT2D eigenvalue weighted by Crippen LogP contribution is -2.50. The van der Waals surface area contributed by atoms with Crippen LogP contribution < -0.4 is 9.47 Å². The van der Waals surface area contributed by atoms with Crippen molar-refractivity contribution in [3.63, 3.8) is 0 Å². The van der Waals surface area contributed by atoms with Crippen molar-refractivity contribution in [2.75, 3.05) is 0 Å². The maximum atomic E-state index is 14.6. The largest absolute Gasteiger partial charge is 0.454 e. The molecule has 0 atom stereocenters. The van der Waals surface area contributed by atoms with Gasteiger partial charge in [-0.2, -0.15) is 26.3 Å². The quantitative estimate of drug-likeness (QED) is 0.195. The molecule has 0 radical (unpaired) electrons. The highest BCUT2D eigenvalue weighted by Crippen LogP contribution is 2.55. The molecule has 1 aromatic heterocycles. The number of benzene rings is 2. The Labute approximate surface area is 197 Å². The van der Waals surface area contributed by atoms with Gasteiger partial charge in [-0.25, -0.2) is 8.78 Å². The standard InChI is InChI=1S/C22H15F8NO3S/c1-10-11(2)31-17-9-16(23)18(8-15(17)19(10)33-12(3)32)34-13-4-6-14(7-5-13)35-20(24,21(25,26)27)22(28,29)30/h4-9H,1-3H3. The minimum Gasteiger partial charge on any atom is -0.454 e. The fourth-order valence-electron chi connectivity index (χ4n) is 2.94. The lowest BCUT2D eigenvalue weighted by atomic mass is 10.1. The zero-order valence-corrected chi connectivity index (χ0v) is 18.9. The molecule has 0 bridgehead atoms. The van der Waals surface area contributed by atoms with Crippen molar-refractivity contribution in [1.82, 2.24) is 4.98 Å². The molecule has 1 heterocycles. The Balaban J connectivity index is 1.94. The van der Waals surface area contributed by atoms with E-state index in [1.165, 1.54) is 13.0 Å². The number of hydrogen-bond acceptors (Lipinski definition) is 5. The van der Waals surface area contributed by atoms with E-state index in [2.05, 4.69) is 4.98 Å². The van der Waals surface area contributed by atoms with E-state index >= 15 is 0 Å². The van der Waals surface area contributed by atoms with Crippen LogP contribution >= 0.6 is 11.8 Å². The fraction of sp³-hybridized carbons (Fsp3) is 0.273. The first-order chi connectivity index (χ1) is 16.0. The number of pyridine rings is 1. The predicted octanol–water partition coefficient (Wildman–Crippen LogP) is 7.59. The molecule has 0 saturated heterocycles. The SMILES string of the molecule is CC(=O)Oc1c(C)c(C)nc2cc(F)c(Oc3ccc(SC(F)(C(F)(F)F)C(F)(F)F)cc3)cc12. The first-order valence-electron chi connectivity index (χ1n) is 9.61. The van der Waals surface area contributed by atoms with Crippen LogP contribution in [0.5, 0.6) is 17.2 Å². The molecule has 0 unspecified atom stereocenters. The molecule has 35 heavy (non-hydrogen) atoms. The van der Waals surface area contributed by atoms with E-state index in [4.69, 9.17) is 9.47 Å². The van der Waals surface area contributed by atoms with Crippen molar-refractivity contribution in [3.8, 4) is 17.2 Å². The third kappa shape index (κ3) is 5.29. The molecule has 0 aliphatic rings. The summed E-state index contributed by atoms with van der Waals surface area (Å²) < 4.78 is 116. The third-order valence-electron chi connectivity index (χ3n) is 4.75. The second-order valence-electron chi connectivity index (χ2n) is 7.31. The normalized spacial score (nSPS) is 12.7. The van der Waals surface area contributed by atoms with Crippen LogP contribution in [0.3, 0.4) is 0 Å². The highest BCUT2D eigenvalue weighted by Gasteiger charge is 2.73. The number of halogens is 8. The molecule has 4 nitrogen and oxygen atoms in total. The molecule has 2 aromatic carbocycles. The van der Waals surface area contributed by atoms with Gasteiger partial charge in [-0.05, 0) is 44.2 Å². The molecule has 3 aromatic rings. The summed E-state index contributed by atoms with van der Waals surface area (Å²) in [6, 6.07) is 5.63. The van der Waals surface area contributed by atoms with E-state index in [1.54, 1.807) is 13.8 Å². The molecule has 0 N–H and O–H groups in total. The lowest BCUT2D eigenvalue weighted by Gasteiger charge is -2.29. The molecule has 0 spiro atoms. The number of fused-ring (bicyclic) bond motifs is 1. The monoisotopic (exact) mass is 525 g/mol. The number of aryl methyl sites for hydroxylation is 1. The second kappa shape index (κ2) is 9.17. The number of carbonyl (C=O) groups excluding carboxylic acids is 1. The van der Waals surface area contributed by atoms with Crippen LogP contribution in [0.1, 0.15) is 18.2 Å². The molecule has 0 fully saturated rings. The Bertz CT molecular complexity index is 1260. The van der Waals surface area contributed by atoms with Crippen LogP contribution in [0.15, 0.2) is 41.3 Å². The minimum atomic E-state index is -6.22. The number of aromatic nitrogens is 1. The van der Waals surface area contributed by atoms with Gasteiger partial charge in [-0.3, -0.25) is 9.78 Å². The topological polar surface area (TPSA) is 48.4 Å². The van der Waals surface area contributed by atoms with Crippen LogP contribution in [0.2, 0.25) is 0 Å². The number of rotatable bonds is 5. The van der Waals surface area contributed by atoms with Gasteiger partial charge >= 0.3 is 23.3 Å². The van der Waals surface area contributed by atoms with E-state index < -0.39 is 45.8 Å². The summed E-state index contributed by atoms with van der Waals surface area (Å²) in [5, 5.41) is -5.30. The van der Waals surface area contributed by atoms with Crippen molar-refractivity contribution < 1.29 is 49.4 Å². The smallest absolute Gasteiger partial charge is 0.441 e. The second-order valence-corrected chi connectivity index (χ2v) is 8.55. The maximum Gasteiger partial charge on any atom is 0.441 e. The first kappa shape index (κ1) is 26.5. The maximum absolute atomic E-state index is 14.6. The van der Waals surface area contributed by atoms with Gasteiger partial charge in [0.05, 0.1) is 5.52 Å². The van der Waals surface area contributed by atoms with Crippen molar-refractivity contribution in [1.29, 1.82) is 0 Å². The van der Waals surface area contributed by atoms with Gasteiger partial charge in [0, 0.05) is 34.5 Å². The van der Waals surface area contributed by atoms with Crippen molar-refractivity contribution >= 4 is 28.6 Å². The van der Waals surface area contributed by atoms with E-state index in [0.29, 0.717) is 11.3 Å². The third-order valence-corrected chi connectivity index (χ3v) is 6.00. The van der Waals surface area contributed by atoms with Crippen LogP contribution in [0, 0.1) is 19.7 Å². The predicted molar refractivity (Wildman–Crippen MR) is 111 cm³/mol. The molecular formula is C22H15F8NO3S. The minimum absolute atomic E-state index is 0.121. The zero-order chi connectivity index (χ0) is 26.3. The number of esters is 1. The summed E-state index contributed by atoms with van der Waals surface area (Å²) in [6.45, 7) is 4.44. The molecule has 0 aliphatic heterocycles. The highest BCUT2D eigenvalue weighted by atomic mass is 32.2. The average Bonchev–Trinajstić information content (AvgIpc) is 2.72. The summed E-state index contributed by atoms with van der Waals surface area (Å²) in [5.41, 5.74) is 1.15. The Morgan fingerprint density at radius 3 is 2.03 bits per heavy atom. The van der Waals surface area contributed by atoms with E-state index in [-0.39, 0.29) is 28.2 Å². The molecule has 0 saturated carbocycles. The number of ether oxygens (including phenoxy) is 2. The van der Waals surface area contributed by atoms with Crippen LogP contribution in [0.25, 0.3) is 10.9 Å². The molecule has 3 rings (SSSR count). The Morgan fingerprint density at radius 2 is 1.51 bits per heavy atom. The van der Waals surface area contributed by atoms with Crippen LogP contribution in [-0.2, 0) is 4.79 Å². The average molecular weight is 525 g/mol. The first-order valence-corrected chi connectivity index (χ1v) is 10.4. The van der Waals surface area contributed by atoms with Gasteiger partial charge in [0.1, 0.15) is 11.5 Å². The van der Waals surface area contributed by atoms with E-state index in [1.807, 2.05) is 0 Å². The van der Waals surface area contributed by atoms with Gasteiger partial charge in [-0.1, -0.05) is 11.8 Å². The van der Waals surface area contributed by atoms with Gasteiger partial charge < -0.3 is 9.47 Å². The number of thioether (sulfide) groups is 1. The highest BCUT2D eigenvalue weighted by molar-refractivity contribution is 8.00. The molecule has 13 heteroatoms. The number of carbonyl (C=O) groups is 1. The van der Waals surface area contributed by atoms with Crippen LogP contribution in [-0.4, -0.2) is 28.3 Å². The van der Waals surface area contributed by atoms with Crippen molar-refractivity contribution in [2.45, 2.75) is 43.0 Å². The molecule has 0 aliphatic carbocycles. The van der Waals surface area contributed by atoms with Crippen LogP contribution in [0.4, 0.5) is 35.1 Å². The summed E-state index contributed by atoms with van der Waals surface area (Å²) in [6.07, 6.45) is -12.4. The summed E-state index contributed by atoms with van der Waals surface area (Å²) in [4.78, 5) is 15.0. The fourth-order valence-corrected chi connectivity index (χ4v) is 3.77. The summed E-state index contributed by atoms with van der Waals surface area (Å²) in [5.74, 6) is -1.96. The Hall–Kier alpha value is -3.09. The summed E-state index contributed by atoms with van der Waals surface area (Å²) in [7, 11) is 0. The van der Waals surface area contributed by atoms with Gasteiger partial charge in [0.15, 0.2) is 11.6 Å². The molecule has 188 valence electrons. The molecule has 0 amide bonds. The number of hydrogen-bond donors (Lipinski definition) is 0. The zero-order valence-electron chi connectivity index (χ0n) is 18.1. The van der Waals surface area contributed by atoms with Gasteiger partial charge in [0.2, 0.25) is 0 Å². The van der Waals surface area contributed by atoms with E-state index in [0.717, 1.165) is 30.3 Å². The van der Waals surface area contributed by atoms with Gasteiger partial charge in [-0.15, -0.1) is 0 Å². The Kier molecular flexibility index (Phi) is 6.95. The lowest BCUT2D eigenvalue weighted by molar-refractivity contribution is -0.302. The Morgan fingerprint density at radius 1 is 0.943 bits per heavy atom.